The fourth-order valence-corrected chi connectivity index (χ4v) is 1.96. The number of alkyl halides is 1. The zero-order chi connectivity index (χ0) is 14.7. The summed E-state index contributed by atoms with van der Waals surface area (Å²) in [5, 5.41) is 2.46. The Kier molecular flexibility index (Phi) is 4.35. The monoisotopic (exact) mass is 295 g/mol. The molecule has 0 aliphatic heterocycles. The van der Waals surface area contributed by atoms with E-state index in [1.165, 1.54) is 13.0 Å². The van der Waals surface area contributed by atoms with Gasteiger partial charge in [0.25, 0.3) is 5.91 Å². The van der Waals surface area contributed by atoms with Crippen LogP contribution in [0.15, 0.2) is 36.4 Å². The number of hydrogen-bond acceptors (Lipinski definition) is 1. The van der Waals surface area contributed by atoms with Crippen molar-refractivity contribution >= 4 is 23.2 Å². The zero-order valence-corrected chi connectivity index (χ0v) is 11.5. The highest BCUT2D eigenvalue weighted by Crippen LogP contribution is 2.19. The van der Waals surface area contributed by atoms with Crippen LogP contribution in [-0.4, -0.2) is 5.91 Å². The van der Waals surface area contributed by atoms with Crippen molar-refractivity contribution in [3.8, 4) is 0 Å². The molecule has 0 aromatic heterocycles. The van der Waals surface area contributed by atoms with E-state index < -0.39 is 23.1 Å². The second-order valence-corrected chi connectivity index (χ2v) is 4.61. The zero-order valence-electron chi connectivity index (χ0n) is 10.7. The van der Waals surface area contributed by atoms with Gasteiger partial charge in [-0.05, 0) is 36.2 Å². The molecule has 0 unspecified atom stereocenters. The van der Waals surface area contributed by atoms with Crippen molar-refractivity contribution in [2.24, 2.45) is 0 Å². The first-order valence-corrected chi connectivity index (χ1v) is 6.47. The van der Waals surface area contributed by atoms with Crippen molar-refractivity contribution < 1.29 is 13.6 Å². The Morgan fingerprint density at radius 3 is 2.70 bits per heavy atom. The molecule has 0 atom stereocenters. The Labute approximate surface area is 120 Å². The maximum absolute atomic E-state index is 13.8. The van der Waals surface area contributed by atoms with Crippen LogP contribution in [0.4, 0.5) is 14.5 Å². The number of aryl methyl sites for hydroxylation is 1. The van der Waals surface area contributed by atoms with Gasteiger partial charge < -0.3 is 5.32 Å². The molecule has 2 aromatic carbocycles. The molecule has 2 aromatic rings. The van der Waals surface area contributed by atoms with Crippen molar-refractivity contribution in [1.82, 2.24) is 0 Å². The van der Waals surface area contributed by atoms with E-state index in [-0.39, 0.29) is 11.4 Å². The minimum atomic E-state index is -0.890. The van der Waals surface area contributed by atoms with Crippen LogP contribution in [0.3, 0.4) is 0 Å². The lowest BCUT2D eigenvalue weighted by Crippen LogP contribution is -2.16. The molecule has 2 rings (SSSR count). The van der Waals surface area contributed by atoms with E-state index in [0.29, 0.717) is 5.69 Å². The SMILES string of the molecule is Cc1ccc(F)c(C(=O)Nc2cccc(CCl)c2)c1F. The summed E-state index contributed by atoms with van der Waals surface area (Å²) in [5.41, 5.74) is 0.871. The second-order valence-electron chi connectivity index (χ2n) is 4.34. The van der Waals surface area contributed by atoms with E-state index in [4.69, 9.17) is 11.6 Å². The van der Waals surface area contributed by atoms with Gasteiger partial charge in [-0.25, -0.2) is 8.78 Å². The number of amides is 1. The van der Waals surface area contributed by atoms with Crippen LogP contribution in [0.2, 0.25) is 0 Å². The third kappa shape index (κ3) is 2.96. The van der Waals surface area contributed by atoms with Crippen LogP contribution in [0.25, 0.3) is 0 Å². The topological polar surface area (TPSA) is 29.1 Å². The van der Waals surface area contributed by atoms with Gasteiger partial charge in [-0.1, -0.05) is 18.2 Å². The van der Waals surface area contributed by atoms with E-state index >= 15 is 0 Å². The average Bonchev–Trinajstić information content (AvgIpc) is 2.43. The summed E-state index contributed by atoms with van der Waals surface area (Å²) in [6, 6.07) is 9.13. The summed E-state index contributed by atoms with van der Waals surface area (Å²) >= 11 is 5.69. The van der Waals surface area contributed by atoms with Gasteiger partial charge in [-0.2, -0.15) is 0 Å². The van der Waals surface area contributed by atoms with Gasteiger partial charge in [0.15, 0.2) is 0 Å². The van der Waals surface area contributed by atoms with Gasteiger partial charge in [-0.15, -0.1) is 11.6 Å². The molecule has 0 spiro atoms. The predicted octanol–water partition coefficient (Wildman–Crippen LogP) is 4.26. The molecule has 0 saturated heterocycles. The highest BCUT2D eigenvalue weighted by Gasteiger charge is 2.19. The molecule has 5 heteroatoms. The lowest BCUT2D eigenvalue weighted by molar-refractivity contribution is 0.101. The Balaban J connectivity index is 2.31. The second kappa shape index (κ2) is 6.01. The maximum Gasteiger partial charge on any atom is 0.261 e. The number of rotatable bonds is 3. The summed E-state index contributed by atoms with van der Waals surface area (Å²) in [6.07, 6.45) is 0. The van der Waals surface area contributed by atoms with Crippen LogP contribution in [0.5, 0.6) is 0 Å². The molecule has 0 aliphatic rings. The van der Waals surface area contributed by atoms with Gasteiger partial charge in [0.1, 0.15) is 17.2 Å². The molecule has 0 heterocycles. The maximum atomic E-state index is 13.8. The Morgan fingerprint density at radius 2 is 2.00 bits per heavy atom. The number of carbonyl (C=O) groups excluding carboxylic acids is 1. The summed E-state index contributed by atoms with van der Waals surface area (Å²) in [5.74, 6) is -2.28. The van der Waals surface area contributed by atoms with Crippen LogP contribution in [0, 0.1) is 18.6 Å². The summed E-state index contributed by atoms with van der Waals surface area (Å²) in [6.45, 7) is 1.47. The molecule has 1 amide bonds. The minimum absolute atomic E-state index is 0.214. The first-order chi connectivity index (χ1) is 9.52. The number of nitrogens with one attached hydrogen (secondary N) is 1. The molecule has 1 N–H and O–H groups in total. The highest BCUT2D eigenvalue weighted by molar-refractivity contribution is 6.17. The quantitative estimate of drug-likeness (QED) is 0.842. The molecule has 0 saturated carbocycles. The van der Waals surface area contributed by atoms with E-state index in [9.17, 15) is 13.6 Å². The lowest BCUT2D eigenvalue weighted by atomic mass is 10.1. The highest BCUT2D eigenvalue weighted by atomic mass is 35.5. The van der Waals surface area contributed by atoms with E-state index in [1.54, 1.807) is 24.3 Å². The fourth-order valence-electron chi connectivity index (χ4n) is 1.79. The Bertz CT molecular complexity index is 658. The normalized spacial score (nSPS) is 10.4. The van der Waals surface area contributed by atoms with Crippen LogP contribution >= 0.6 is 11.6 Å². The standard InChI is InChI=1S/C15H12ClF2NO/c1-9-5-6-12(17)13(14(9)18)15(20)19-11-4-2-3-10(7-11)8-16/h2-7H,8H2,1H3,(H,19,20). The third-order valence-corrected chi connectivity index (χ3v) is 3.16. The van der Waals surface area contributed by atoms with Crippen LogP contribution in [0.1, 0.15) is 21.5 Å². The van der Waals surface area contributed by atoms with Crippen LogP contribution < -0.4 is 5.32 Å². The summed E-state index contributed by atoms with van der Waals surface area (Å²) in [4.78, 5) is 12.0. The van der Waals surface area contributed by atoms with Crippen molar-refractivity contribution in [2.75, 3.05) is 5.32 Å². The Hall–Kier alpha value is -1.94. The smallest absolute Gasteiger partial charge is 0.261 e. The van der Waals surface area contributed by atoms with Crippen molar-refractivity contribution in [1.29, 1.82) is 0 Å². The molecule has 2 nitrogen and oxygen atoms in total. The van der Waals surface area contributed by atoms with E-state index in [1.807, 2.05) is 0 Å². The summed E-state index contributed by atoms with van der Waals surface area (Å²) < 4.78 is 27.4. The molecule has 0 bridgehead atoms. The number of anilines is 1. The first-order valence-electron chi connectivity index (χ1n) is 5.93. The Morgan fingerprint density at radius 1 is 1.25 bits per heavy atom. The average molecular weight is 296 g/mol. The van der Waals surface area contributed by atoms with Gasteiger partial charge >= 0.3 is 0 Å². The molecule has 104 valence electrons. The van der Waals surface area contributed by atoms with Crippen LogP contribution in [-0.2, 0) is 5.88 Å². The molecule has 0 aliphatic carbocycles. The molecular formula is C15H12ClF2NO. The van der Waals surface area contributed by atoms with Gasteiger partial charge in [0, 0.05) is 11.6 Å². The van der Waals surface area contributed by atoms with Crippen molar-refractivity contribution in [2.45, 2.75) is 12.8 Å². The number of hydrogen-bond donors (Lipinski definition) is 1. The number of halogens is 3. The lowest BCUT2D eigenvalue weighted by Gasteiger charge is -2.09. The minimum Gasteiger partial charge on any atom is -0.322 e. The van der Waals surface area contributed by atoms with E-state index in [0.717, 1.165) is 11.6 Å². The number of carbonyl (C=O) groups is 1. The van der Waals surface area contributed by atoms with Gasteiger partial charge in [0.2, 0.25) is 0 Å². The van der Waals surface area contributed by atoms with Gasteiger partial charge in [-0.3, -0.25) is 4.79 Å². The number of benzene rings is 2. The fraction of sp³-hybridized carbons (Fsp3) is 0.133. The largest absolute Gasteiger partial charge is 0.322 e. The third-order valence-electron chi connectivity index (χ3n) is 2.85. The van der Waals surface area contributed by atoms with Crippen molar-refractivity contribution in [3.05, 3.63) is 64.7 Å². The first kappa shape index (κ1) is 14.5. The van der Waals surface area contributed by atoms with Gasteiger partial charge in [0.05, 0.1) is 0 Å². The molecule has 0 fully saturated rings. The van der Waals surface area contributed by atoms with Crippen molar-refractivity contribution in [3.63, 3.8) is 0 Å². The predicted molar refractivity (Wildman–Crippen MR) is 75.0 cm³/mol. The molecule has 0 radical (unpaired) electrons. The molecule has 20 heavy (non-hydrogen) atoms. The molecular weight excluding hydrogens is 284 g/mol. The summed E-state index contributed by atoms with van der Waals surface area (Å²) in [7, 11) is 0. The van der Waals surface area contributed by atoms with E-state index in [2.05, 4.69) is 5.32 Å².